The summed E-state index contributed by atoms with van der Waals surface area (Å²) in [6.07, 6.45) is 5.63. The van der Waals surface area contributed by atoms with E-state index in [1.165, 1.54) is 7.11 Å². The van der Waals surface area contributed by atoms with Gasteiger partial charge in [0, 0.05) is 13.0 Å². The van der Waals surface area contributed by atoms with Gasteiger partial charge in [0.25, 0.3) is 0 Å². The number of methoxy groups -OCH3 is 1. The molecule has 0 radical (unpaired) electrons. The average molecular weight is 307 g/mol. The Hall–Kier alpha value is -0.660. The highest BCUT2D eigenvalue weighted by Gasteiger charge is 2.29. The lowest BCUT2D eigenvalue weighted by Crippen LogP contribution is -2.43. The fraction of sp³-hybridized carbons (Fsp3) is 0.923. The van der Waals surface area contributed by atoms with Crippen molar-refractivity contribution in [2.24, 2.45) is 0 Å². The van der Waals surface area contributed by atoms with Gasteiger partial charge in [-0.2, -0.15) is 0 Å². The molecule has 1 aliphatic rings. The zero-order chi connectivity index (χ0) is 15.1. The van der Waals surface area contributed by atoms with E-state index in [1.807, 2.05) is 0 Å². The molecule has 20 heavy (non-hydrogen) atoms. The summed E-state index contributed by atoms with van der Waals surface area (Å²) in [5, 5.41) is 10.4. The molecule has 0 heterocycles. The Morgan fingerprint density at radius 2 is 1.85 bits per heavy atom. The minimum Gasteiger partial charge on any atom is -0.469 e. The van der Waals surface area contributed by atoms with Crippen LogP contribution in [0.1, 0.15) is 51.4 Å². The van der Waals surface area contributed by atoms with Crippen LogP contribution < -0.4 is 4.72 Å². The van der Waals surface area contributed by atoms with Gasteiger partial charge in [0.05, 0.1) is 18.5 Å². The molecule has 1 aliphatic carbocycles. The molecule has 118 valence electrons. The maximum Gasteiger partial charge on any atom is 0.305 e. The van der Waals surface area contributed by atoms with E-state index in [0.717, 1.165) is 25.7 Å². The van der Waals surface area contributed by atoms with E-state index in [2.05, 4.69) is 9.46 Å². The van der Waals surface area contributed by atoms with Crippen molar-refractivity contribution in [3.05, 3.63) is 0 Å². The van der Waals surface area contributed by atoms with E-state index in [9.17, 15) is 18.3 Å². The zero-order valence-corrected chi connectivity index (χ0v) is 12.9. The van der Waals surface area contributed by atoms with E-state index in [0.29, 0.717) is 12.8 Å². The molecule has 2 N–H and O–H groups in total. The molecule has 1 saturated carbocycles. The predicted octanol–water partition coefficient (Wildman–Crippen LogP) is 0.944. The Kier molecular flexibility index (Phi) is 6.91. The first kappa shape index (κ1) is 17.4. The molecule has 0 spiro atoms. The monoisotopic (exact) mass is 307 g/mol. The SMILES string of the molecule is COC(=O)CCCS(=O)(=O)NCC1(O)CCCCCC1. The summed E-state index contributed by atoms with van der Waals surface area (Å²) in [7, 11) is -2.18. The van der Waals surface area contributed by atoms with Gasteiger partial charge in [0.15, 0.2) is 0 Å². The van der Waals surface area contributed by atoms with E-state index >= 15 is 0 Å². The van der Waals surface area contributed by atoms with Gasteiger partial charge in [0.1, 0.15) is 0 Å². The van der Waals surface area contributed by atoms with Crippen LogP contribution in [0.5, 0.6) is 0 Å². The number of carbonyl (C=O) groups excluding carboxylic acids is 1. The summed E-state index contributed by atoms with van der Waals surface area (Å²) < 4.78 is 30.5. The van der Waals surface area contributed by atoms with Gasteiger partial charge in [-0.1, -0.05) is 25.7 Å². The Labute approximate surface area is 120 Å². The van der Waals surface area contributed by atoms with E-state index in [1.54, 1.807) is 0 Å². The van der Waals surface area contributed by atoms with Gasteiger partial charge < -0.3 is 9.84 Å². The van der Waals surface area contributed by atoms with Crippen LogP contribution in [-0.2, 0) is 19.6 Å². The number of rotatable bonds is 7. The zero-order valence-electron chi connectivity index (χ0n) is 12.1. The second-order valence-electron chi connectivity index (χ2n) is 5.46. The lowest BCUT2D eigenvalue weighted by molar-refractivity contribution is -0.140. The van der Waals surface area contributed by atoms with Gasteiger partial charge in [-0.05, 0) is 19.3 Å². The summed E-state index contributed by atoms with van der Waals surface area (Å²) in [6, 6.07) is 0. The Balaban J connectivity index is 2.36. The van der Waals surface area contributed by atoms with Crippen molar-refractivity contribution in [3.8, 4) is 0 Å². The molecule has 1 fully saturated rings. The number of hydrogen-bond acceptors (Lipinski definition) is 5. The lowest BCUT2D eigenvalue weighted by atomic mass is 9.95. The van der Waals surface area contributed by atoms with Gasteiger partial charge in [-0.25, -0.2) is 13.1 Å². The number of aliphatic hydroxyl groups is 1. The second-order valence-corrected chi connectivity index (χ2v) is 7.38. The first-order valence-electron chi connectivity index (χ1n) is 7.13. The van der Waals surface area contributed by atoms with Crippen LogP contribution in [0, 0.1) is 0 Å². The number of carbonyl (C=O) groups is 1. The molecule has 0 aromatic rings. The van der Waals surface area contributed by atoms with E-state index in [-0.39, 0.29) is 25.1 Å². The first-order valence-corrected chi connectivity index (χ1v) is 8.79. The second kappa shape index (κ2) is 7.95. The summed E-state index contributed by atoms with van der Waals surface area (Å²) in [4.78, 5) is 10.9. The lowest BCUT2D eigenvalue weighted by Gasteiger charge is -2.26. The minimum atomic E-state index is -3.45. The number of hydrogen-bond donors (Lipinski definition) is 2. The molecule has 0 unspecified atom stereocenters. The minimum absolute atomic E-state index is 0.0631. The summed E-state index contributed by atoms with van der Waals surface area (Å²) >= 11 is 0. The average Bonchev–Trinajstić information content (AvgIpc) is 2.62. The number of ether oxygens (including phenoxy) is 1. The molecule has 0 aromatic carbocycles. The van der Waals surface area contributed by atoms with E-state index in [4.69, 9.17) is 0 Å². The van der Waals surface area contributed by atoms with Crippen LogP contribution in [0.15, 0.2) is 0 Å². The molecule has 0 atom stereocenters. The largest absolute Gasteiger partial charge is 0.469 e. The van der Waals surface area contributed by atoms with Crippen LogP contribution in [0.25, 0.3) is 0 Å². The van der Waals surface area contributed by atoms with Crippen molar-refractivity contribution in [1.29, 1.82) is 0 Å². The highest BCUT2D eigenvalue weighted by atomic mass is 32.2. The third kappa shape index (κ3) is 6.67. The molecular weight excluding hydrogens is 282 g/mol. The molecule has 6 nitrogen and oxygen atoms in total. The fourth-order valence-electron chi connectivity index (χ4n) is 2.39. The van der Waals surface area contributed by atoms with E-state index < -0.39 is 21.6 Å². The maximum atomic E-state index is 11.8. The third-order valence-corrected chi connectivity index (χ3v) is 5.09. The Bertz CT molecular complexity index is 399. The van der Waals surface area contributed by atoms with Crippen LogP contribution in [0.2, 0.25) is 0 Å². The number of esters is 1. The van der Waals surface area contributed by atoms with Crippen LogP contribution >= 0.6 is 0 Å². The smallest absolute Gasteiger partial charge is 0.305 e. The fourth-order valence-corrected chi connectivity index (χ4v) is 3.55. The maximum absolute atomic E-state index is 11.8. The van der Waals surface area contributed by atoms with Crippen molar-refractivity contribution < 1.29 is 23.1 Å². The summed E-state index contributed by atoms with van der Waals surface area (Å²) in [5.41, 5.74) is -0.925. The van der Waals surface area contributed by atoms with Crippen LogP contribution in [0.3, 0.4) is 0 Å². The van der Waals surface area contributed by atoms with Crippen molar-refractivity contribution in [2.45, 2.75) is 57.0 Å². The van der Waals surface area contributed by atoms with Gasteiger partial charge in [-0.15, -0.1) is 0 Å². The van der Waals surface area contributed by atoms with Crippen LogP contribution in [0.4, 0.5) is 0 Å². The number of sulfonamides is 1. The van der Waals surface area contributed by atoms with Crippen molar-refractivity contribution in [1.82, 2.24) is 4.72 Å². The molecule has 1 rings (SSSR count). The van der Waals surface area contributed by atoms with Crippen molar-refractivity contribution in [3.63, 3.8) is 0 Å². The number of nitrogens with one attached hydrogen (secondary N) is 1. The first-order chi connectivity index (χ1) is 9.37. The summed E-state index contributed by atoms with van der Waals surface area (Å²) in [5.74, 6) is -0.541. The molecule has 0 saturated heterocycles. The quantitative estimate of drug-likeness (QED) is 0.539. The Morgan fingerprint density at radius 3 is 2.40 bits per heavy atom. The summed E-state index contributed by atoms with van der Waals surface area (Å²) in [6.45, 7) is 0.0631. The van der Waals surface area contributed by atoms with Crippen molar-refractivity contribution >= 4 is 16.0 Å². The molecule has 0 amide bonds. The highest BCUT2D eigenvalue weighted by Crippen LogP contribution is 2.26. The standard InChI is InChI=1S/C13H25NO5S/c1-19-12(15)7-6-10-20(17,18)14-11-13(16)8-4-2-3-5-9-13/h14,16H,2-11H2,1H3. The molecular formula is C13H25NO5S. The third-order valence-electron chi connectivity index (χ3n) is 3.68. The van der Waals surface area contributed by atoms with Crippen LogP contribution in [-0.4, -0.2) is 44.5 Å². The Morgan fingerprint density at radius 1 is 1.25 bits per heavy atom. The predicted molar refractivity (Wildman–Crippen MR) is 75.7 cm³/mol. The van der Waals surface area contributed by atoms with Crippen molar-refractivity contribution in [2.75, 3.05) is 19.4 Å². The molecule has 7 heteroatoms. The normalized spacial score (nSPS) is 19.3. The molecule has 0 bridgehead atoms. The van der Waals surface area contributed by atoms with Gasteiger partial charge in [-0.3, -0.25) is 4.79 Å². The van der Waals surface area contributed by atoms with Gasteiger partial charge in [0.2, 0.25) is 10.0 Å². The molecule has 0 aliphatic heterocycles. The highest BCUT2D eigenvalue weighted by molar-refractivity contribution is 7.89. The topological polar surface area (TPSA) is 92.7 Å². The van der Waals surface area contributed by atoms with Gasteiger partial charge >= 0.3 is 5.97 Å². The molecule has 0 aromatic heterocycles.